The van der Waals surface area contributed by atoms with Crippen LogP contribution in [0.1, 0.15) is 24.0 Å². The maximum absolute atomic E-state index is 6.10. The third kappa shape index (κ3) is 7.67. The predicted octanol–water partition coefficient (Wildman–Crippen LogP) is 8.17. The van der Waals surface area contributed by atoms with Gasteiger partial charge in [0.2, 0.25) is 5.75 Å². The first kappa shape index (κ1) is 33.1. The van der Waals surface area contributed by atoms with Crippen LogP contribution in [0.3, 0.4) is 0 Å². The lowest BCUT2D eigenvalue weighted by atomic mass is 10.00. The van der Waals surface area contributed by atoms with Crippen molar-refractivity contribution in [3.8, 4) is 45.5 Å². The zero-order valence-electron chi connectivity index (χ0n) is 27.9. The average Bonchev–Trinajstić information content (AvgIpc) is 3.14. The topological polar surface area (TPSA) is 69.2 Å². The van der Waals surface area contributed by atoms with E-state index in [1.54, 1.807) is 28.4 Å². The van der Waals surface area contributed by atoms with Crippen molar-refractivity contribution in [2.24, 2.45) is 0 Å². The predicted molar refractivity (Wildman–Crippen MR) is 191 cm³/mol. The fourth-order valence-corrected chi connectivity index (χ4v) is 6.49. The number of ether oxygens (including phenoxy) is 4. The second kappa shape index (κ2) is 15.4. The van der Waals surface area contributed by atoms with E-state index in [0.717, 1.165) is 72.3 Å². The Morgan fingerprint density at radius 2 is 1.29 bits per heavy atom. The Balaban J connectivity index is 1.20. The van der Waals surface area contributed by atoms with Crippen LogP contribution in [0.5, 0.6) is 23.0 Å². The van der Waals surface area contributed by atoms with E-state index in [9.17, 15) is 0 Å². The van der Waals surface area contributed by atoms with Crippen LogP contribution in [0.15, 0.2) is 97.3 Å². The zero-order chi connectivity index (χ0) is 33.5. The monoisotopic (exact) mass is 664 g/mol. The van der Waals surface area contributed by atoms with Gasteiger partial charge in [-0.25, -0.2) is 0 Å². The smallest absolute Gasteiger partial charge is 0.203 e. The van der Waals surface area contributed by atoms with Gasteiger partial charge >= 0.3 is 0 Å². The van der Waals surface area contributed by atoms with Crippen LogP contribution in [0.2, 0.25) is 5.02 Å². The quantitative estimate of drug-likeness (QED) is 0.132. The molecule has 0 saturated carbocycles. The number of nitrogens with zero attached hydrogens (tertiary/aromatic N) is 4. The molecule has 8 nitrogen and oxygen atoms in total. The molecule has 1 saturated heterocycles. The molecule has 0 amide bonds. The number of halogens is 1. The number of aromatic nitrogens is 2. The Morgan fingerprint density at radius 1 is 0.688 bits per heavy atom. The van der Waals surface area contributed by atoms with Gasteiger partial charge in [0.15, 0.2) is 11.5 Å². The molecule has 2 aromatic heterocycles. The number of benzene rings is 3. The van der Waals surface area contributed by atoms with Gasteiger partial charge < -0.3 is 23.8 Å². The molecule has 3 heterocycles. The Labute approximate surface area is 287 Å². The molecule has 0 bridgehead atoms. The van der Waals surface area contributed by atoms with Crippen LogP contribution in [-0.2, 0) is 13.1 Å². The Morgan fingerprint density at radius 3 is 1.90 bits per heavy atom. The Hall–Kier alpha value is -4.79. The summed E-state index contributed by atoms with van der Waals surface area (Å²) in [6.45, 7) is 3.64. The van der Waals surface area contributed by atoms with Gasteiger partial charge in [-0.15, -0.1) is 0 Å². The Bertz CT molecular complexity index is 1780. The molecule has 0 unspecified atom stereocenters. The highest BCUT2D eigenvalue weighted by molar-refractivity contribution is 6.30. The van der Waals surface area contributed by atoms with Crippen molar-refractivity contribution in [3.05, 3.63) is 113 Å². The van der Waals surface area contributed by atoms with Crippen LogP contribution in [0.25, 0.3) is 22.5 Å². The summed E-state index contributed by atoms with van der Waals surface area (Å²) in [6, 6.07) is 29.0. The summed E-state index contributed by atoms with van der Waals surface area (Å²) in [6.07, 6.45) is 5.87. The van der Waals surface area contributed by atoms with E-state index in [0.29, 0.717) is 23.3 Å². The van der Waals surface area contributed by atoms with Gasteiger partial charge in [0.1, 0.15) is 5.75 Å². The molecule has 6 rings (SSSR count). The lowest BCUT2D eigenvalue weighted by Crippen LogP contribution is -2.44. The molecule has 1 aliphatic rings. The molecule has 248 valence electrons. The van der Waals surface area contributed by atoms with Crippen molar-refractivity contribution in [1.82, 2.24) is 14.9 Å². The molecule has 0 radical (unpaired) electrons. The van der Waals surface area contributed by atoms with Crippen LogP contribution in [-0.4, -0.2) is 62.4 Å². The second-order valence-corrected chi connectivity index (χ2v) is 12.3. The van der Waals surface area contributed by atoms with Crippen LogP contribution in [0.4, 0.5) is 5.69 Å². The average molecular weight is 665 g/mol. The summed E-state index contributed by atoms with van der Waals surface area (Å²) in [5, 5.41) is 0.726. The third-order valence-electron chi connectivity index (χ3n) is 8.91. The van der Waals surface area contributed by atoms with Gasteiger partial charge in [0, 0.05) is 66.5 Å². The summed E-state index contributed by atoms with van der Waals surface area (Å²) in [5.74, 6) is 2.59. The third-order valence-corrected chi connectivity index (χ3v) is 9.16. The number of hydrogen-bond acceptors (Lipinski definition) is 8. The molecule has 1 aliphatic heterocycles. The number of rotatable bonds is 12. The highest BCUT2D eigenvalue weighted by atomic mass is 35.5. The molecule has 0 spiro atoms. The fourth-order valence-electron chi connectivity index (χ4n) is 6.36. The first-order valence-corrected chi connectivity index (χ1v) is 16.4. The summed E-state index contributed by atoms with van der Waals surface area (Å²) in [4.78, 5) is 14.4. The molecule has 0 N–H and O–H groups in total. The molecular weight excluding hydrogens is 624 g/mol. The van der Waals surface area contributed by atoms with E-state index in [-0.39, 0.29) is 0 Å². The molecule has 0 atom stereocenters. The minimum atomic E-state index is 0.370. The van der Waals surface area contributed by atoms with Crippen LogP contribution >= 0.6 is 11.6 Å². The minimum Gasteiger partial charge on any atom is -0.497 e. The number of likely N-dealkylation sites (tertiary alicyclic amines) is 1. The number of anilines is 1. The van der Waals surface area contributed by atoms with Crippen molar-refractivity contribution in [1.29, 1.82) is 0 Å². The first-order valence-electron chi connectivity index (χ1n) is 16.1. The zero-order valence-corrected chi connectivity index (χ0v) is 28.6. The SMILES string of the molecule is COc1ccc(N(Cc2ccnc(-c3cc(OC)c(OC)c(OC)c3)c2)C2CCN(Cc3ccnc(-c4ccc(Cl)cc4)c3)CC2)cc1. The molecule has 1 fully saturated rings. The lowest BCUT2D eigenvalue weighted by molar-refractivity contribution is 0.201. The molecule has 48 heavy (non-hydrogen) atoms. The van der Waals surface area contributed by atoms with E-state index < -0.39 is 0 Å². The minimum absolute atomic E-state index is 0.370. The van der Waals surface area contributed by atoms with Crippen molar-refractivity contribution < 1.29 is 18.9 Å². The molecule has 9 heteroatoms. The maximum atomic E-state index is 6.10. The van der Waals surface area contributed by atoms with Crippen molar-refractivity contribution in [2.45, 2.75) is 32.0 Å². The van der Waals surface area contributed by atoms with Gasteiger partial charge in [-0.3, -0.25) is 14.9 Å². The molecule has 0 aliphatic carbocycles. The number of hydrogen-bond donors (Lipinski definition) is 0. The summed E-state index contributed by atoms with van der Waals surface area (Å²) < 4.78 is 22.2. The van der Waals surface area contributed by atoms with E-state index in [1.165, 1.54) is 16.8 Å². The van der Waals surface area contributed by atoms with Gasteiger partial charge in [0.05, 0.1) is 39.8 Å². The fraction of sp³-hybridized carbons (Fsp3) is 0.282. The molecule has 5 aromatic rings. The number of piperidine rings is 1. The lowest BCUT2D eigenvalue weighted by Gasteiger charge is -2.40. The highest BCUT2D eigenvalue weighted by Crippen LogP contribution is 2.41. The van der Waals surface area contributed by atoms with Crippen molar-refractivity contribution >= 4 is 17.3 Å². The number of methoxy groups -OCH3 is 4. The van der Waals surface area contributed by atoms with Gasteiger partial charge in [-0.05, 0) is 96.8 Å². The molecular formula is C39H41ClN4O4. The standard InChI is InChI=1S/C39H41ClN4O4/c1-45-34-11-9-32(10-12-34)44(26-28-14-18-42-36(22-28)30-23-37(46-2)39(48-4)38(24-30)47-3)33-15-19-43(20-16-33)25-27-13-17-41-35(21-27)29-5-7-31(40)8-6-29/h5-14,17-18,21-24,33H,15-16,19-20,25-26H2,1-4H3. The van der Waals surface area contributed by atoms with Crippen LogP contribution in [0, 0.1) is 0 Å². The summed E-state index contributed by atoms with van der Waals surface area (Å²) >= 11 is 6.10. The van der Waals surface area contributed by atoms with Crippen LogP contribution < -0.4 is 23.8 Å². The molecule has 3 aromatic carbocycles. The maximum Gasteiger partial charge on any atom is 0.203 e. The van der Waals surface area contributed by atoms with E-state index >= 15 is 0 Å². The summed E-state index contributed by atoms with van der Waals surface area (Å²) in [5.41, 5.74) is 7.36. The highest BCUT2D eigenvalue weighted by Gasteiger charge is 2.26. The van der Waals surface area contributed by atoms with Crippen molar-refractivity contribution in [3.63, 3.8) is 0 Å². The van der Waals surface area contributed by atoms with E-state index in [1.807, 2.05) is 60.9 Å². The van der Waals surface area contributed by atoms with E-state index in [4.69, 9.17) is 35.5 Å². The van der Waals surface area contributed by atoms with Gasteiger partial charge in [0.25, 0.3) is 0 Å². The van der Waals surface area contributed by atoms with Gasteiger partial charge in [-0.2, -0.15) is 0 Å². The summed E-state index contributed by atoms with van der Waals surface area (Å²) in [7, 11) is 6.55. The second-order valence-electron chi connectivity index (χ2n) is 11.9. The largest absolute Gasteiger partial charge is 0.497 e. The van der Waals surface area contributed by atoms with Gasteiger partial charge in [-0.1, -0.05) is 23.7 Å². The number of pyridine rings is 2. The Kier molecular flexibility index (Phi) is 10.6. The van der Waals surface area contributed by atoms with E-state index in [2.05, 4.69) is 51.2 Å². The van der Waals surface area contributed by atoms with Crippen molar-refractivity contribution in [2.75, 3.05) is 46.4 Å². The first-order chi connectivity index (χ1) is 23.5. The normalized spacial score (nSPS) is 13.6.